The average Bonchev–Trinajstić information content (AvgIpc) is 2.36. The van der Waals surface area contributed by atoms with E-state index in [0.29, 0.717) is 6.54 Å². The fourth-order valence-corrected chi connectivity index (χ4v) is 1.67. The Bertz CT molecular complexity index is 407. The lowest BCUT2D eigenvalue weighted by Crippen LogP contribution is -2.32. The minimum absolute atomic E-state index is 0.0200. The lowest BCUT2D eigenvalue weighted by Gasteiger charge is -2.14. The monoisotopic (exact) mass is 252 g/mol. The molecule has 0 fully saturated rings. The van der Waals surface area contributed by atoms with Crippen molar-refractivity contribution in [2.24, 2.45) is 5.73 Å². The first-order chi connectivity index (χ1) is 8.60. The number of ether oxygens (including phenoxy) is 1. The molecule has 0 aliphatic carbocycles. The van der Waals surface area contributed by atoms with Gasteiger partial charge in [-0.1, -0.05) is 6.07 Å². The molecule has 0 aromatic heterocycles. The third kappa shape index (κ3) is 3.63. The van der Waals surface area contributed by atoms with E-state index in [9.17, 15) is 9.90 Å². The number of para-hydroxylation sites is 1. The molecule has 0 spiro atoms. The number of carbonyl (C=O) groups excluding carboxylic acids is 1. The summed E-state index contributed by atoms with van der Waals surface area (Å²) in [7, 11) is 1.45. The van der Waals surface area contributed by atoms with Crippen molar-refractivity contribution in [3.63, 3.8) is 0 Å². The molecule has 5 nitrogen and oxygen atoms in total. The number of nitrogens with one attached hydrogen (secondary N) is 1. The van der Waals surface area contributed by atoms with Gasteiger partial charge in [0.2, 0.25) is 0 Å². The Morgan fingerprint density at radius 2 is 2.28 bits per heavy atom. The molecule has 100 valence electrons. The summed E-state index contributed by atoms with van der Waals surface area (Å²) in [5.41, 5.74) is 5.63. The van der Waals surface area contributed by atoms with Gasteiger partial charge in [-0.2, -0.15) is 0 Å². The number of amides is 1. The summed E-state index contributed by atoms with van der Waals surface area (Å²) >= 11 is 0. The van der Waals surface area contributed by atoms with Gasteiger partial charge in [0, 0.05) is 6.04 Å². The maximum absolute atomic E-state index is 11.9. The smallest absolute Gasteiger partial charge is 0.255 e. The number of phenolic OH excluding ortho intramolecular Hbond substituents is 1. The Labute approximate surface area is 107 Å². The van der Waals surface area contributed by atoms with Crippen LogP contribution in [0.15, 0.2) is 18.2 Å². The van der Waals surface area contributed by atoms with Crippen molar-refractivity contribution in [2.45, 2.75) is 25.8 Å². The second-order valence-corrected chi connectivity index (χ2v) is 4.16. The number of phenols is 1. The van der Waals surface area contributed by atoms with Crippen LogP contribution in [0.2, 0.25) is 0 Å². The zero-order valence-electron chi connectivity index (χ0n) is 10.8. The van der Waals surface area contributed by atoms with E-state index in [-0.39, 0.29) is 29.0 Å². The lowest BCUT2D eigenvalue weighted by molar-refractivity contribution is 0.0935. The molecule has 0 saturated carbocycles. The molecule has 1 atom stereocenters. The van der Waals surface area contributed by atoms with E-state index in [2.05, 4.69) is 5.32 Å². The summed E-state index contributed by atoms with van der Waals surface area (Å²) in [5.74, 6) is -0.156. The molecule has 1 amide bonds. The van der Waals surface area contributed by atoms with Gasteiger partial charge < -0.3 is 20.9 Å². The van der Waals surface area contributed by atoms with Gasteiger partial charge in [0.25, 0.3) is 5.91 Å². The Balaban J connectivity index is 2.72. The second kappa shape index (κ2) is 6.86. The van der Waals surface area contributed by atoms with E-state index in [0.717, 1.165) is 12.8 Å². The lowest BCUT2D eigenvalue weighted by atomic mass is 10.1. The first kappa shape index (κ1) is 14.3. The average molecular weight is 252 g/mol. The van der Waals surface area contributed by atoms with Gasteiger partial charge in [0.1, 0.15) is 0 Å². The van der Waals surface area contributed by atoms with Crippen LogP contribution in [0.3, 0.4) is 0 Å². The number of hydrogen-bond donors (Lipinski definition) is 3. The highest BCUT2D eigenvalue weighted by atomic mass is 16.5. The van der Waals surface area contributed by atoms with Crippen LogP contribution in [0.4, 0.5) is 0 Å². The molecular formula is C13H20N2O3. The molecule has 1 aromatic carbocycles. The fourth-order valence-electron chi connectivity index (χ4n) is 1.67. The molecule has 1 unspecified atom stereocenters. The highest BCUT2D eigenvalue weighted by Crippen LogP contribution is 2.29. The molecule has 5 heteroatoms. The van der Waals surface area contributed by atoms with Crippen molar-refractivity contribution in [1.82, 2.24) is 5.32 Å². The maximum atomic E-state index is 11.9. The van der Waals surface area contributed by atoms with Crippen molar-refractivity contribution in [1.29, 1.82) is 0 Å². The van der Waals surface area contributed by atoms with Crippen LogP contribution in [0.1, 0.15) is 30.1 Å². The fraction of sp³-hybridized carbons (Fsp3) is 0.462. The quantitative estimate of drug-likeness (QED) is 0.711. The zero-order chi connectivity index (χ0) is 13.5. The summed E-state index contributed by atoms with van der Waals surface area (Å²) in [4.78, 5) is 11.9. The molecule has 0 saturated heterocycles. The first-order valence-electron chi connectivity index (χ1n) is 5.97. The predicted octanol–water partition coefficient (Wildman–Crippen LogP) is 1.26. The molecule has 0 aliphatic heterocycles. The van der Waals surface area contributed by atoms with Crippen molar-refractivity contribution in [2.75, 3.05) is 13.7 Å². The number of hydrogen-bond acceptors (Lipinski definition) is 4. The van der Waals surface area contributed by atoms with Crippen molar-refractivity contribution < 1.29 is 14.6 Å². The van der Waals surface area contributed by atoms with E-state index in [1.54, 1.807) is 18.2 Å². The summed E-state index contributed by atoms with van der Waals surface area (Å²) in [6, 6.07) is 4.84. The van der Waals surface area contributed by atoms with Gasteiger partial charge in [-0.05, 0) is 38.4 Å². The second-order valence-electron chi connectivity index (χ2n) is 4.16. The van der Waals surface area contributed by atoms with Crippen LogP contribution in [0, 0.1) is 0 Å². The zero-order valence-corrected chi connectivity index (χ0v) is 10.8. The largest absolute Gasteiger partial charge is 0.504 e. The number of nitrogens with two attached hydrogens (primary N) is 1. The van der Waals surface area contributed by atoms with Gasteiger partial charge in [0.05, 0.1) is 12.7 Å². The number of methoxy groups -OCH3 is 1. The Hall–Kier alpha value is -1.75. The Kier molecular flexibility index (Phi) is 5.45. The standard InChI is InChI=1S/C13H20N2O3/c1-9(5-4-8-14)15-13(17)10-6-3-7-11(18-2)12(10)16/h3,6-7,9,16H,4-5,8,14H2,1-2H3,(H,15,17). The van der Waals surface area contributed by atoms with Gasteiger partial charge >= 0.3 is 0 Å². The van der Waals surface area contributed by atoms with Crippen LogP contribution in [0.5, 0.6) is 11.5 Å². The molecule has 18 heavy (non-hydrogen) atoms. The van der Waals surface area contributed by atoms with Crippen LogP contribution in [-0.2, 0) is 0 Å². The molecule has 0 bridgehead atoms. The van der Waals surface area contributed by atoms with E-state index in [1.807, 2.05) is 6.92 Å². The van der Waals surface area contributed by atoms with Crippen molar-refractivity contribution in [3.8, 4) is 11.5 Å². The number of rotatable bonds is 6. The molecule has 0 radical (unpaired) electrons. The van der Waals surface area contributed by atoms with E-state index in [1.165, 1.54) is 7.11 Å². The van der Waals surface area contributed by atoms with E-state index < -0.39 is 0 Å². The highest BCUT2D eigenvalue weighted by Gasteiger charge is 2.16. The van der Waals surface area contributed by atoms with E-state index >= 15 is 0 Å². The van der Waals surface area contributed by atoms with Crippen LogP contribution >= 0.6 is 0 Å². The molecule has 4 N–H and O–H groups in total. The number of aromatic hydroxyl groups is 1. The van der Waals surface area contributed by atoms with Crippen molar-refractivity contribution in [3.05, 3.63) is 23.8 Å². The number of benzene rings is 1. The van der Waals surface area contributed by atoms with Crippen molar-refractivity contribution >= 4 is 5.91 Å². The van der Waals surface area contributed by atoms with Crippen LogP contribution < -0.4 is 15.8 Å². The molecule has 1 aromatic rings. The maximum Gasteiger partial charge on any atom is 0.255 e. The topological polar surface area (TPSA) is 84.6 Å². The summed E-state index contributed by atoms with van der Waals surface area (Å²) in [6.45, 7) is 2.51. The minimum Gasteiger partial charge on any atom is -0.504 e. The third-order valence-corrected chi connectivity index (χ3v) is 2.68. The Morgan fingerprint density at radius 3 is 2.89 bits per heavy atom. The van der Waals surface area contributed by atoms with Crippen LogP contribution in [-0.4, -0.2) is 30.7 Å². The number of carbonyl (C=O) groups is 1. The summed E-state index contributed by atoms with van der Waals surface area (Å²) < 4.78 is 4.96. The van der Waals surface area contributed by atoms with Gasteiger partial charge in [-0.25, -0.2) is 0 Å². The van der Waals surface area contributed by atoms with Gasteiger partial charge in [0.15, 0.2) is 11.5 Å². The Morgan fingerprint density at radius 1 is 1.56 bits per heavy atom. The first-order valence-corrected chi connectivity index (χ1v) is 5.97. The molecular weight excluding hydrogens is 232 g/mol. The summed E-state index contributed by atoms with van der Waals surface area (Å²) in [5, 5.41) is 12.7. The summed E-state index contributed by atoms with van der Waals surface area (Å²) in [6.07, 6.45) is 1.67. The third-order valence-electron chi connectivity index (χ3n) is 2.68. The normalized spacial score (nSPS) is 11.9. The molecule has 0 aliphatic rings. The SMILES string of the molecule is COc1cccc(C(=O)NC(C)CCCN)c1O. The van der Waals surface area contributed by atoms with E-state index in [4.69, 9.17) is 10.5 Å². The van der Waals surface area contributed by atoms with Gasteiger partial charge in [-0.15, -0.1) is 0 Å². The van der Waals surface area contributed by atoms with Crippen LogP contribution in [0.25, 0.3) is 0 Å². The minimum atomic E-state index is -0.309. The highest BCUT2D eigenvalue weighted by molar-refractivity contribution is 5.97. The van der Waals surface area contributed by atoms with Gasteiger partial charge in [-0.3, -0.25) is 4.79 Å². The molecule has 0 heterocycles. The molecule has 1 rings (SSSR count). The predicted molar refractivity (Wildman–Crippen MR) is 69.9 cm³/mol.